The molecule has 1 unspecified atom stereocenters. The first-order valence-electron chi connectivity index (χ1n) is 9.20. The van der Waals surface area contributed by atoms with Gasteiger partial charge in [-0.2, -0.15) is 0 Å². The van der Waals surface area contributed by atoms with Gasteiger partial charge in [-0.3, -0.25) is 0 Å². The molecule has 0 spiro atoms. The van der Waals surface area contributed by atoms with Crippen LogP contribution in [-0.4, -0.2) is 13.4 Å². The predicted octanol–water partition coefficient (Wildman–Crippen LogP) is 6.13. The third-order valence-electron chi connectivity index (χ3n) is 5.23. The van der Waals surface area contributed by atoms with Crippen LogP contribution in [0.2, 0.25) is 18.1 Å². The summed E-state index contributed by atoms with van der Waals surface area (Å²) in [5.41, 5.74) is 2.29. The van der Waals surface area contributed by atoms with E-state index in [9.17, 15) is 5.11 Å². The molecule has 25 heavy (non-hydrogen) atoms. The molecule has 0 fully saturated rings. The third-order valence-corrected chi connectivity index (χ3v) is 9.59. The average Bonchev–Trinajstić information content (AvgIpc) is 2.55. The molecule has 0 amide bonds. The average molecular weight is 357 g/mol. The lowest BCUT2D eigenvalue weighted by Gasteiger charge is -2.36. The first-order chi connectivity index (χ1) is 11.7. The van der Waals surface area contributed by atoms with Gasteiger partial charge in [0.25, 0.3) is 0 Å². The van der Waals surface area contributed by atoms with Gasteiger partial charge in [-0.25, -0.2) is 0 Å². The monoisotopic (exact) mass is 356 g/mol. The van der Waals surface area contributed by atoms with Crippen LogP contribution in [0.4, 0.5) is 0 Å². The SMILES string of the molecule is CC(C)(C)[Si](C)(C)Oc1ccc(C(O)CCCc2ccccc2)cc1. The van der Waals surface area contributed by atoms with Crippen molar-refractivity contribution < 1.29 is 9.53 Å². The van der Waals surface area contributed by atoms with Crippen molar-refractivity contribution >= 4 is 8.32 Å². The zero-order chi connectivity index (χ0) is 18.5. The second-order valence-electron chi connectivity index (χ2n) is 8.33. The quantitative estimate of drug-likeness (QED) is 0.605. The first kappa shape index (κ1) is 19.7. The van der Waals surface area contributed by atoms with Crippen LogP contribution in [0.25, 0.3) is 0 Å². The van der Waals surface area contributed by atoms with Crippen molar-refractivity contribution in [3.05, 3.63) is 65.7 Å². The summed E-state index contributed by atoms with van der Waals surface area (Å²) in [5.74, 6) is 0.909. The highest BCUT2D eigenvalue weighted by atomic mass is 28.4. The Bertz CT molecular complexity index is 642. The summed E-state index contributed by atoms with van der Waals surface area (Å²) >= 11 is 0. The van der Waals surface area contributed by atoms with E-state index in [-0.39, 0.29) is 5.04 Å². The Kier molecular flexibility index (Phi) is 6.47. The Morgan fingerprint density at radius 2 is 1.56 bits per heavy atom. The zero-order valence-electron chi connectivity index (χ0n) is 16.3. The van der Waals surface area contributed by atoms with Crippen molar-refractivity contribution in [3.63, 3.8) is 0 Å². The van der Waals surface area contributed by atoms with Crippen molar-refractivity contribution in [2.45, 2.75) is 64.3 Å². The highest BCUT2D eigenvalue weighted by Gasteiger charge is 2.38. The van der Waals surface area contributed by atoms with Crippen molar-refractivity contribution in [1.82, 2.24) is 0 Å². The fraction of sp³-hybridized carbons (Fsp3) is 0.455. The van der Waals surface area contributed by atoms with Crippen LogP contribution in [0.1, 0.15) is 50.8 Å². The number of hydrogen-bond acceptors (Lipinski definition) is 2. The summed E-state index contributed by atoms with van der Waals surface area (Å²) < 4.78 is 6.30. The van der Waals surface area contributed by atoms with E-state index in [1.165, 1.54) is 5.56 Å². The van der Waals surface area contributed by atoms with Crippen LogP contribution in [0.3, 0.4) is 0 Å². The molecule has 2 aromatic carbocycles. The number of aryl methyl sites for hydroxylation is 1. The van der Waals surface area contributed by atoms with E-state index in [1.807, 2.05) is 30.3 Å². The van der Waals surface area contributed by atoms with Crippen molar-refractivity contribution in [2.24, 2.45) is 0 Å². The van der Waals surface area contributed by atoms with E-state index in [2.05, 4.69) is 58.1 Å². The summed E-state index contributed by atoms with van der Waals surface area (Å²) in [6.45, 7) is 11.2. The number of hydrogen-bond donors (Lipinski definition) is 1. The van der Waals surface area contributed by atoms with Crippen LogP contribution >= 0.6 is 0 Å². The molecule has 0 saturated carbocycles. The molecule has 0 saturated heterocycles. The number of aliphatic hydroxyl groups excluding tert-OH is 1. The lowest BCUT2D eigenvalue weighted by molar-refractivity contribution is 0.164. The Labute approximate surface area is 154 Å². The van der Waals surface area contributed by atoms with E-state index in [0.717, 1.165) is 30.6 Å². The Morgan fingerprint density at radius 3 is 2.12 bits per heavy atom. The molecule has 3 heteroatoms. The lowest BCUT2D eigenvalue weighted by atomic mass is 10.0. The van der Waals surface area contributed by atoms with Gasteiger partial charge in [0.05, 0.1) is 6.10 Å². The predicted molar refractivity (Wildman–Crippen MR) is 109 cm³/mol. The fourth-order valence-electron chi connectivity index (χ4n) is 2.52. The van der Waals surface area contributed by atoms with Gasteiger partial charge >= 0.3 is 0 Å². The minimum absolute atomic E-state index is 0.183. The first-order valence-corrected chi connectivity index (χ1v) is 12.1. The standard InChI is InChI=1S/C22H32O2Si/c1-22(2,3)25(4,5)24-20-16-14-19(15-17-20)21(23)13-9-12-18-10-7-6-8-11-18/h6-8,10-11,14-17,21,23H,9,12-13H2,1-5H3. The fourth-order valence-corrected chi connectivity index (χ4v) is 3.55. The molecule has 2 nitrogen and oxygen atoms in total. The topological polar surface area (TPSA) is 29.5 Å². The summed E-state index contributed by atoms with van der Waals surface area (Å²) in [4.78, 5) is 0. The Morgan fingerprint density at radius 1 is 0.960 bits per heavy atom. The lowest BCUT2D eigenvalue weighted by Crippen LogP contribution is -2.43. The van der Waals surface area contributed by atoms with E-state index < -0.39 is 14.4 Å². The summed E-state index contributed by atoms with van der Waals surface area (Å²) in [7, 11) is -1.81. The molecule has 0 aliphatic heterocycles. The van der Waals surface area contributed by atoms with Crippen molar-refractivity contribution in [3.8, 4) is 5.75 Å². The normalized spacial score (nSPS) is 13.5. The molecule has 0 aliphatic rings. The maximum atomic E-state index is 10.4. The van der Waals surface area contributed by atoms with Gasteiger partial charge in [0.1, 0.15) is 5.75 Å². The van der Waals surface area contributed by atoms with E-state index >= 15 is 0 Å². The van der Waals surface area contributed by atoms with Gasteiger partial charge in [-0.1, -0.05) is 63.2 Å². The molecule has 0 aromatic heterocycles. The van der Waals surface area contributed by atoms with Gasteiger partial charge in [0.2, 0.25) is 8.32 Å². The maximum absolute atomic E-state index is 10.4. The maximum Gasteiger partial charge on any atom is 0.250 e. The molecule has 1 N–H and O–H groups in total. The van der Waals surface area contributed by atoms with Crippen LogP contribution in [-0.2, 0) is 6.42 Å². The van der Waals surface area contributed by atoms with Crippen molar-refractivity contribution in [1.29, 1.82) is 0 Å². The molecule has 0 radical (unpaired) electrons. The second kappa shape index (κ2) is 8.20. The summed E-state index contributed by atoms with van der Waals surface area (Å²) in [6.07, 6.45) is 2.35. The Hall–Kier alpha value is -1.58. The van der Waals surface area contributed by atoms with Crippen LogP contribution < -0.4 is 4.43 Å². The molecule has 136 valence electrons. The second-order valence-corrected chi connectivity index (χ2v) is 13.0. The van der Waals surface area contributed by atoms with Crippen LogP contribution in [0.5, 0.6) is 5.75 Å². The molecule has 0 bridgehead atoms. The third kappa shape index (κ3) is 5.72. The molecule has 0 heterocycles. The van der Waals surface area contributed by atoms with Gasteiger partial charge in [-0.15, -0.1) is 0 Å². The minimum Gasteiger partial charge on any atom is -0.544 e. The van der Waals surface area contributed by atoms with Gasteiger partial charge in [0, 0.05) is 0 Å². The molecular weight excluding hydrogens is 324 g/mol. The van der Waals surface area contributed by atoms with Gasteiger partial charge < -0.3 is 9.53 Å². The highest BCUT2D eigenvalue weighted by Crippen LogP contribution is 2.37. The van der Waals surface area contributed by atoms with Crippen LogP contribution in [0.15, 0.2) is 54.6 Å². The van der Waals surface area contributed by atoms with E-state index in [1.54, 1.807) is 0 Å². The number of benzene rings is 2. The molecular formula is C22H32O2Si. The number of rotatable bonds is 7. The zero-order valence-corrected chi connectivity index (χ0v) is 17.3. The van der Waals surface area contributed by atoms with Gasteiger partial charge in [-0.05, 0) is 60.7 Å². The molecule has 2 aromatic rings. The van der Waals surface area contributed by atoms with Crippen LogP contribution in [0, 0.1) is 0 Å². The van der Waals surface area contributed by atoms with Crippen molar-refractivity contribution in [2.75, 3.05) is 0 Å². The largest absolute Gasteiger partial charge is 0.544 e. The van der Waals surface area contributed by atoms with E-state index in [0.29, 0.717) is 0 Å². The molecule has 2 rings (SSSR count). The van der Waals surface area contributed by atoms with Gasteiger partial charge in [0.15, 0.2) is 0 Å². The number of aliphatic hydroxyl groups is 1. The summed E-state index contributed by atoms with van der Waals surface area (Å²) in [6, 6.07) is 18.4. The summed E-state index contributed by atoms with van der Waals surface area (Å²) in [5, 5.41) is 10.6. The highest BCUT2D eigenvalue weighted by molar-refractivity contribution is 6.74. The molecule has 1 atom stereocenters. The smallest absolute Gasteiger partial charge is 0.250 e. The minimum atomic E-state index is -1.81. The molecule has 0 aliphatic carbocycles. The Balaban J connectivity index is 1.88. The van der Waals surface area contributed by atoms with E-state index in [4.69, 9.17) is 4.43 Å².